The van der Waals surface area contributed by atoms with Crippen molar-refractivity contribution in [2.75, 3.05) is 0 Å². The second kappa shape index (κ2) is 5.46. The average Bonchev–Trinajstić information content (AvgIpc) is 2.39. The third-order valence-electron chi connectivity index (χ3n) is 2.69. The molecule has 0 saturated carbocycles. The van der Waals surface area contributed by atoms with Crippen LogP contribution in [0.3, 0.4) is 0 Å². The van der Waals surface area contributed by atoms with Gasteiger partial charge in [0.05, 0.1) is 6.10 Å². The van der Waals surface area contributed by atoms with Crippen molar-refractivity contribution in [3.63, 3.8) is 0 Å². The first kappa shape index (κ1) is 11.6. The van der Waals surface area contributed by atoms with Crippen LogP contribution < -0.4 is 0 Å². The lowest BCUT2D eigenvalue weighted by atomic mass is 10.1. The number of aliphatic hydroxyl groups is 1. The van der Waals surface area contributed by atoms with Gasteiger partial charge >= 0.3 is 0 Å². The second-order valence-electron chi connectivity index (χ2n) is 4.13. The van der Waals surface area contributed by atoms with Crippen molar-refractivity contribution >= 4 is 6.08 Å². The van der Waals surface area contributed by atoms with E-state index in [2.05, 4.69) is 19.1 Å². The Bertz CT molecular complexity index is 483. The topological polar surface area (TPSA) is 20.2 Å². The van der Waals surface area contributed by atoms with Crippen molar-refractivity contribution in [2.24, 2.45) is 0 Å². The quantitative estimate of drug-likeness (QED) is 0.842. The van der Waals surface area contributed by atoms with Gasteiger partial charge in [-0.25, -0.2) is 0 Å². The molecule has 0 aliphatic rings. The van der Waals surface area contributed by atoms with Crippen LogP contribution in [0.25, 0.3) is 6.08 Å². The van der Waals surface area contributed by atoms with Crippen LogP contribution in [-0.4, -0.2) is 5.11 Å². The molecule has 1 nitrogen and oxygen atoms in total. The fourth-order valence-electron chi connectivity index (χ4n) is 1.64. The highest BCUT2D eigenvalue weighted by molar-refractivity contribution is 5.50. The van der Waals surface area contributed by atoms with Gasteiger partial charge in [-0.1, -0.05) is 72.3 Å². The van der Waals surface area contributed by atoms with Crippen molar-refractivity contribution in [2.45, 2.75) is 13.0 Å². The van der Waals surface area contributed by atoms with Crippen LogP contribution in [0.1, 0.15) is 22.8 Å². The van der Waals surface area contributed by atoms with Gasteiger partial charge in [0, 0.05) is 0 Å². The molecule has 1 atom stereocenters. The monoisotopic (exact) mass is 224 g/mol. The Kier molecular flexibility index (Phi) is 3.73. The molecule has 0 radical (unpaired) electrons. The van der Waals surface area contributed by atoms with Crippen molar-refractivity contribution < 1.29 is 5.11 Å². The van der Waals surface area contributed by atoms with Crippen molar-refractivity contribution in [1.29, 1.82) is 0 Å². The maximum atomic E-state index is 9.95. The molecule has 0 aliphatic heterocycles. The molecule has 2 aromatic carbocycles. The van der Waals surface area contributed by atoms with Gasteiger partial charge in [-0.05, 0) is 18.1 Å². The van der Waals surface area contributed by atoms with Crippen molar-refractivity contribution in [3.8, 4) is 0 Å². The highest BCUT2D eigenvalue weighted by Gasteiger charge is 2.00. The number of aliphatic hydroxyl groups excluding tert-OH is 1. The minimum absolute atomic E-state index is 0.544. The summed E-state index contributed by atoms with van der Waals surface area (Å²) < 4.78 is 0. The zero-order valence-electron chi connectivity index (χ0n) is 9.88. The molecule has 0 aliphatic carbocycles. The molecule has 0 unspecified atom stereocenters. The summed E-state index contributed by atoms with van der Waals surface area (Å²) in [4.78, 5) is 0. The summed E-state index contributed by atoms with van der Waals surface area (Å²) in [5, 5.41) is 9.95. The zero-order valence-corrected chi connectivity index (χ0v) is 9.88. The van der Waals surface area contributed by atoms with E-state index in [1.807, 2.05) is 48.5 Å². The predicted octanol–water partition coefficient (Wildman–Crippen LogP) is 3.74. The number of rotatable bonds is 3. The van der Waals surface area contributed by atoms with Gasteiger partial charge in [0.25, 0.3) is 0 Å². The molecule has 2 rings (SSSR count). The summed E-state index contributed by atoms with van der Waals surface area (Å²) in [6.45, 7) is 2.06. The summed E-state index contributed by atoms with van der Waals surface area (Å²) in [7, 11) is 0. The maximum Gasteiger partial charge on any atom is 0.0975 e. The molecule has 86 valence electrons. The van der Waals surface area contributed by atoms with Crippen LogP contribution in [-0.2, 0) is 0 Å². The lowest BCUT2D eigenvalue weighted by Gasteiger charge is -2.05. The molecule has 0 heterocycles. The Hall–Kier alpha value is -1.86. The molecule has 0 fully saturated rings. The van der Waals surface area contributed by atoms with Crippen LogP contribution in [0.5, 0.6) is 0 Å². The van der Waals surface area contributed by atoms with Crippen LogP contribution >= 0.6 is 0 Å². The standard InChI is InChI=1S/C16H16O/c1-13-7-9-14(10-8-13)11-12-16(17)15-5-3-2-4-6-15/h2-12,16-17H,1H3/b12-11+/t16-/m1/s1. The minimum atomic E-state index is -0.544. The van der Waals surface area contributed by atoms with E-state index < -0.39 is 6.10 Å². The zero-order chi connectivity index (χ0) is 12.1. The van der Waals surface area contributed by atoms with Crippen molar-refractivity contribution in [3.05, 3.63) is 77.4 Å². The van der Waals surface area contributed by atoms with Crippen LogP contribution in [0.2, 0.25) is 0 Å². The molecule has 0 bridgehead atoms. The predicted molar refractivity (Wildman–Crippen MR) is 71.6 cm³/mol. The first-order chi connectivity index (χ1) is 8.25. The van der Waals surface area contributed by atoms with Gasteiger partial charge in [0.15, 0.2) is 0 Å². The Labute approximate surface area is 102 Å². The Morgan fingerprint density at radius 3 is 2.24 bits per heavy atom. The van der Waals surface area contributed by atoms with Gasteiger partial charge in [0.2, 0.25) is 0 Å². The maximum absolute atomic E-state index is 9.95. The number of aryl methyl sites for hydroxylation is 1. The molecule has 0 amide bonds. The van der Waals surface area contributed by atoms with Crippen LogP contribution in [0.15, 0.2) is 60.7 Å². The smallest absolute Gasteiger partial charge is 0.0975 e. The highest BCUT2D eigenvalue weighted by atomic mass is 16.3. The van der Waals surface area contributed by atoms with E-state index in [-0.39, 0.29) is 0 Å². The summed E-state index contributed by atoms with van der Waals surface area (Å²) in [6, 6.07) is 17.9. The highest BCUT2D eigenvalue weighted by Crippen LogP contribution is 2.15. The fraction of sp³-hybridized carbons (Fsp3) is 0.125. The van der Waals surface area contributed by atoms with E-state index in [0.29, 0.717) is 0 Å². The third-order valence-corrected chi connectivity index (χ3v) is 2.69. The van der Waals surface area contributed by atoms with E-state index >= 15 is 0 Å². The largest absolute Gasteiger partial charge is 0.384 e. The van der Waals surface area contributed by atoms with E-state index in [9.17, 15) is 5.11 Å². The van der Waals surface area contributed by atoms with Crippen LogP contribution in [0, 0.1) is 6.92 Å². The number of hydrogen-bond acceptors (Lipinski definition) is 1. The number of benzene rings is 2. The lowest BCUT2D eigenvalue weighted by Crippen LogP contribution is -1.91. The molecule has 1 N–H and O–H groups in total. The first-order valence-electron chi connectivity index (χ1n) is 5.73. The Balaban J connectivity index is 2.08. The lowest BCUT2D eigenvalue weighted by molar-refractivity contribution is 0.229. The van der Waals surface area contributed by atoms with Gasteiger partial charge in [0.1, 0.15) is 0 Å². The van der Waals surface area contributed by atoms with E-state index in [1.165, 1.54) is 5.56 Å². The normalized spacial score (nSPS) is 12.8. The average molecular weight is 224 g/mol. The molecule has 17 heavy (non-hydrogen) atoms. The van der Waals surface area contributed by atoms with E-state index in [1.54, 1.807) is 6.08 Å². The third kappa shape index (κ3) is 3.30. The molecule has 0 saturated heterocycles. The number of hydrogen-bond donors (Lipinski definition) is 1. The summed E-state index contributed by atoms with van der Waals surface area (Å²) in [6.07, 6.45) is 3.20. The molecule has 0 aromatic heterocycles. The summed E-state index contributed by atoms with van der Waals surface area (Å²) in [5.74, 6) is 0. The van der Waals surface area contributed by atoms with Crippen LogP contribution in [0.4, 0.5) is 0 Å². The Morgan fingerprint density at radius 1 is 0.941 bits per heavy atom. The molecule has 1 heteroatoms. The Morgan fingerprint density at radius 2 is 1.59 bits per heavy atom. The van der Waals surface area contributed by atoms with Gasteiger partial charge in [-0.3, -0.25) is 0 Å². The van der Waals surface area contributed by atoms with Gasteiger partial charge in [-0.2, -0.15) is 0 Å². The van der Waals surface area contributed by atoms with Gasteiger partial charge < -0.3 is 5.11 Å². The SMILES string of the molecule is Cc1ccc(/C=C/[C@@H](O)c2ccccc2)cc1. The van der Waals surface area contributed by atoms with E-state index in [0.717, 1.165) is 11.1 Å². The first-order valence-corrected chi connectivity index (χ1v) is 5.73. The summed E-state index contributed by atoms with van der Waals surface area (Å²) in [5.41, 5.74) is 3.26. The molecular weight excluding hydrogens is 208 g/mol. The van der Waals surface area contributed by atoms with Gasteiger partial charge in [-0.15, -0.1) is 0 Å². The van der Waals surface area contributed by atoms with Crippen molar-refractivity contribution in [1.82, 2.24) is 0 Å². The summed E-state index contributed by atoms with van der Waals surface area (Å²) >= 11 is 0. The van der Waals surface area contributed by atoms with E-state index in [4.69, 9.17) is 0 Å². The molecular formula is C16H16O. The minimum Gasteiger partial charge on any atom is -0.384 e. The molecule has 0 spiro atoms. The molecule has 2 aromatic rings. The fourth-order valence-corrected chi connectivity index (χ4v) is 1.64. The second-order valence-corrected chi connectivity index (χ2v) is 4.13.